The minimum absolute atomic E-state index is 0.0298. The van der Waals surface area contributed by atoms with Gasteiger partial charge in [-0.3, -0.25) is 4.79 Å². The molecule has 2 aromatic carbocycles. The molecule has 0 saturated carbocycles. The van der Waals surface area contributed by atoms with Crippen molar-refractivity contribution in [3.63, 3.8) is 0 Å². The van der Waals surface area contributed by atoms with E-state index in [0.29, 0.717) is 0 Å². The fourth-order valence-corrected chi connectivity index (χ4v) is 3.29. The average molecular weight is 291 g/mol. The summed E-state index contributed by atoms with van der Waals surface area (Å²) < 4.78 is 0. The number of hydrogen-bond donors (Lipinski definition) is 2. The van der Waals surface area contributed by atoms with E-state index in [1.165, 1.54) is 16.7 Å². The van der Waals surface area contributed by atoms with Crippen molar-refractivity contribution in [2.75, 3.05) is 0 Å². The summed E-state index contributed by atoms with van der Waals surface area (Å²) in [5, 5.41) is 0. The van der Waals surface area contributed by atoms with E-state index in [2.05, 4.69) is 40.3 Å². The van der Waals surface area contributed by atoms with Gasteiger partial charge in [-0.05, 0) is 53.6 Å². The Morgan fingerprint density at radius 1 is 1.14 bits per heavy atom. The van der Waals surface area contributed by atoms with Crippen LogP contribution in [0.2, 0.25) is 0 Å². The van der Waals surface area contributed by atoms with Crippen molar-refractivity contribution < 1.29 is 4.79 Å². The molecule has 1 aromatic heterocycles. The highest BCUT2D eigenvalue weighted by molar-refractivity contribution is 5.82. The molecular weight excluding hydrogens is 274 g/mol. The minimum Gasteiger partial charge on any atom is -0.369 e. The van der Waals surface area contributed by atoms with Gasteiger partial charge in [0.25, 0.3) is 0 Å². The van der Waals surface area contributed by atoms with Crippen LogP contribution in [0.3, 0.4) is 0 Å². The van der Waals surface area contributed by atoms with Gasteiger partial charge in [0.15, 0.2) is 0 Å². The molecule has 22 heavy (non-hydrogen) atoms. The number of benzene rings is 2. The number of nitrogens with two attached hydrogens (primary N) is 1. The lowest BCUT2D eigenvalue weighted by molar-refractivity contribution is -0.122. The van der Waals surface area contributed by atoms with Crippen molar-refractivity contribution in [2.24, 2.45) is 11.7 Å². The molecule has 1 aliphatic rings. The predicted octanol–water partition coefficient (Wildman–Crippen LogP) is 2.82. The highest BCUT2D eigenvalue weighted by atomic mass is 16.1. The number of hydrogen-bond acceptors (Lipinski definition) is 2. The van der Waals surface area contributed by atoms with Gasteiger partial charge in [0, 0.05) is 5.92 Å². The summed E-state index contributed by atoms with van der Waals surface area (Å²) in [6, 6.07) is 12.7. The van der Waals surface area contributed by atoms with Crippen LogP contribution in [0.5, 0.6) is 0 Å². The Hall–Kier alpha value is -2.62. The van der Waals surface area contributed by atoms with Crippen LogP contribution in [-0.4, -0.2) is 15.9 Å². The quantitative estimate of drug-likeness (QED) is 0.762. The van der Waals surface area contributed by atoms with Crippen molar-refractivity contribution in [3.8, 4) is 11.1 Å². The Labute approximate surface area is 128 Å². The van der Waals surface area contributed by atoms with Crippen LogP contribution in [0.1, 0.15) is 17.5 Å². The molecule has 4 nitrogen and oxygen atoms in total. The molecule has 4 heteroatoms. The number of primary amides is 1. The van der Waals surface area contributed by atoms with E-state index in [9.17, 15) is 4.79 Å². The number of imidazole rings is 1. The van der Waals surface area contributed by atoms with Crippen LogP contribution in [0.15, 0.2) is 42.7 Å². The molecule has 0 radical (unpaired) electrons. The Bertz CT molecular complexity index is 866. The normalized spacial score (nSPS) is 17.4. The van der Waals surface area contributed by atoms with Crippen molar-refractivity contribution in [1.29, 1.82) is 0 Å². The molecule has 110 valence electrons. The first-order valence-electron chi connectivity index (χ1n) is 7.55. The molecule has 1 unspecified atom stereocenters. The standard InChI is InChI=1S/C18H17N3O/c19-18(22)14-4-2-11-1-3-12(7-15(11)8-14)13-5-6-16-17(9-13)21-10-20-16/h1,3,5-7,9-10,14H,2,4,8H2,(H2,19,22)(H,20,21). The van der Waals surface area contributed by atoms with Crippen LogP contribution in [0, 0.1) is 5.92 Å². The van der Waals surface area contributed by atoms with E-state index in [0.717, 1.165) is 35.9 Å². The molecule has 0 aliphatic heterocycles. The lowest BCUT2D eigenvalue weighted by Gasteiger charge is -2.22. The van der Waals surface area contributed by atoms with Gasteiger partial charge in [-0.15, -0.1) is 0 Å². The number of aromatic amines is 1. The minimum atomic E-state index is -0.185. The lowest BCUT2D eigenvalue weighted by atomic mass is 9.82. The third-order valence-electron chi connectivity index (χ3n) is 4.59. The summed E-state index contributed by atoms with van der Waals surface area (Å²) >= 11 is 0. The number of amides is 1. The zero-order valence-electron chi connectivity index (χ0n) is 12.2. The zero-order chi connectivity index (χ0) is 15.1. The van der Waals surface area contributed by atoms with E-state index >= 15 is 0 Å². The molecule has 1 heterocycles. The van der Waals surface area contributed by atoms with Crippen LogP contribution < -0.4 is 5.73 Å². The van der Waals surface area contributed by atoms with Crippen LogP contribution in [0.25, 0.3) is 22.2 Å². The third kappa shape index (κ3) is 2.17. The van der Waals surface area contributed by atoms with Gasteiger partial charge in [-0.25, -0.2) is 4.98 Å². The van der Waals surface area contributed by atoms with Crippen LogP contribution >= 0.6 is 0 Å². The van der Waals surface area contributed by atoms with Crippen molar-refractivity contribution in [1.82, 2.24) is 9.97 Å². The summed E-state index contributed by atoms with van der Waals surface area (Å²) in [5.74, 6) is -0.215. The fourth-order valence-electron chi connectivity index (χ4n) is 3.29. The molecule has 4 rings (SSSR count). The molecule has 1 amide bonds. The maximum atomic E-state index is 11.4. The lowest BCUT2D eigenvalue weighted by Crippen LogP contribution is -2.28. The van der Waals surface area contributed by atoms with Gasteiger partial charge in [-0.2, -0.15) is 0 Å². The summed E-state index contributed by atoms with van der Waals surface area (Å²) in [6.45, 7) is 0. The first-order valence-corrected chi connectivity index (χ1v) is 7.55. The van der Waals surface area contributed by atoms with E-state index < -0.39 is 0 Å². The Balaban J connectivity index is 1.74. The number of nitrogens with zero attached hydrogens (tertiary/aromatic N) is 1. The van der Waals surface area contributed by atoms with E-state index in [-0.39, 0.29) is 11.8 Å². The summed E-state index contributed by atoms with van der Waals surface area (Å²) in [7, 11) is 0. The zero-order valence-corrected chi connectivity index (χ0v) is 12.2. The second kappa shape index (κ2) is 4.98. The number of aryl methyl sites for hydroxylation is 1. The molecule has 1 aliphatic carbocycles. The monoisotopic (exact) mass is 291 g/mol. The number of carbonyl (C=O) groups is 1. The number of rotatable bonds is 2. The second-order valence-electron chi connectivity index (χ2n) is 5.96. The van der Waals surface area contributed by atoms with E-state index in [1.54, 1.807) is 6.33 Å². The second-order valence-corrected chi connectivity index (χ2v) is 5.96. The van der Waals surface area contributed by atoms with Crippen LogP contribution in [0.4, 0.5) is 0 Å². The van der Waals surface area contributed by atoms with Crippen molar-refractivity contribution >= 4 is 16.9 Å². The summed E-state index contributed by atoms with van der Waals surface area (Å²) in [4.78, 5) is 18.8. The maximum Gasteiger partial charge on any atom is 0.220 e. The summed E-state index contributed by atoms with van der Waals surface area (Å²) in [6.07, 6.45) is 4.26. The molecule has 3 aromatic rings. The molecule has 0 spiro atoms. The van der Waals surface area contributed by atoms with E-state index in [1.807, 2.05) is 6.07 Å². The van der Waals surface area contributed by atoms with Crippen LogP contribution in [-0.2, 0) is 17.6 Å². The van der Waals surface area contributed by atoms with Gasteiger partial charge >= 0.3 is 0 Å². The van der Waals surface area contributed by atoms with Gasteiger partial charge in [0.05, 0.1) is 17.4 Å². The highest BCUT2D eigenvalue weighted by Crippen LogP contribution is 2.30. The van der Waals surface area contributed by atoms with Gasteiger partial charge < -0.3 is 10.7 Å². The number of H-pyrrole nitrogens is 1. The third-order valence-corrected chi connectivity index (χ3v) is 4.59. The van der Waals surface area contributed by atoms with Crippen molar-refractivity contribution in [3.05, 3.63) is 53.9 Å². The van der Waals surface area contributed by atoms with Gasteiger partial charge in [0.2, 0.25) is 5.91 Å². The highest BCUT2D eigenvalue weighted by Gasteiger charge is 2.22. The molecule has 0 bridgehead atoms. The van der Waals surface area contributed by atoms with Gasteiger partial charge in [0.1, 0.15) is 0 Å². The number of nitrogens with one attached hydrogen (secondary N) is 1. The number of fused-ring (bicyclic) bond motifs is 2. The molecule has 0 fully saturated rings. The maximum absolute atomic E-state index is 11.4. The fraction of sp³-hybridized carbons (Fsp3) is 0.222. The first kappa shape index (κ1) is 13.1. The SMILES string of the molecule is NC(=O)C1CCc2ccc(-c3ccc4nc[nH]c4c3)cc2C1. The number of carbonyl (C=O) groups excluding carboxylic acids is 1. The first-order chi connectivity index (χ1) is 10.7. The Morgan fingerprint density at radius 3 is 2.82 bits per heavy atom. The molecule has 0 saturated heterocycles. The topological polar surface area (TPSA) is 71.8 Å². The molecule has 1 atom stereocenters. The van der Waals surface area contributed by atoms with E-state index in [4.69, 9.17) is 5.73 Å². The van der Waals surface area contributed by atoms with Crippen molar-refractivity contribution in [2.45, 2.75) is 19.3 Å². The molecule has 3 N–H and O–H groups in total. The average Bonchev–Trinajstić information content (AvgIpc) is 3.01. The summed E-state index contributed by atoms with van der Waals surface area (Å²) in [5.41, 5.74) is 12.4. The Morgan fingerprint density at radius 2 is 1.95 bits per heavy atom. The smallest absolute Gasteiger partial charge is 0.220 e. The van der Waals surface area contributed by atoms with Gasteiger partial charge in [-0.1, -0.05) is 24.3 Å². The largest absolute Gasteiger partial charge is 0.369 e. The number of aromatic nitrogens is 2. The predicted molar refractivity (Wildman–Crippen MR) is 86.2 cm³/mol. The molecular formula is C18H17N3O. The Kier molecular flexibility index (Phi) is 2.96.